The van der Waals surface area contributed by atoms with Crippen molar-refractivity contribution in [3.8, 4) is 0 Å². The molecule has 150 valence electrons. The maximum absolute atomic E-state index is 13.6. The summed E-state index contributed by atoms with van der Waals surface area (Å²) >= 11 is 4.54. The van der Waals surface area contributed by atoms with Gasteiger partial charge in [0.1, 0.15) is 26.8 Å². The highest BCUT2D eigenvalue weighted by atomic mass is 32.1. The molecule has 0 fully saturated rings. The van der Waals surface area contributed by atoms with Crippen LogP contribution in [0.1, 0.15) is 17.6 Å². The zero-order chi connectivity index (χ0) is 20.7. The first-order valence-corrected chi connectivity index (χ1v) is 11.5. The number of aryl methyl sites for hydroxylation is 2. The third-order valence-corrected chi connectivity index (χ3v) is 8.03. The Morgan fingerprint density at radius 3 is 2.79 bits per heavy atom. The zero-order valence-corrected chi connectivity index (χ0v) is 18.9. The molecule has 0 aliphatic rings. The summed E-state index contributed by atoms with van der Waals surface area (Å²) in [7, 11) is 3.87. The molecule has 0 radical (unpaired) electrons. The molecule has 3 aromatic heterocycles. The van der Waals surface area contributed by atoms with Crippen molar-refractivity contribution in [3.05, 3.63) is 64.4 Å². The Kier molecular flexibility index (Phi) is 5.37. The molecule has 0 unspecified atom stereocenters. The second kappa shape index (κ2) is 7.81. The molecule has 0 aliphatic carbocycles. The van der Waals surface area contributed by atoms with Crippen LogP contribution < -0.4 is 24.1 Å². The molecule has 0 N–H and O–H groups in total. The van der Waals surface area contributed by atoms with Crippen LogP contribution >= 0.6 is 34.0 Å². The standard InChI is InChI=1S/C20H20FN4OS3/c1-5-25-18(9-17-24(4)14-8-13(21)6-7-15(14)28-17)29-16(19(25)26)10-22-20-23(3)12(2)11-27-20/h6-11H,5H2,1-4H3/q+1/b16-10-,22-20?. The lowest BCUT2D eigenvalue weighted by atomic mass is 10.3. The number of fused-ring (bicyclic) bond motifs is 1. The average Bonchev–Trinajstić information content (AvgIpc) is 3.29. The molecule has 9 heteroatoms. The van der Waals surface area contributed by atoms with Gasteiger partial charge >= 0.3 is 0 Å². The molecule has 1 aromatic carbocycles. The van der Waals surface area contributed by atoms with Crippen molar-refractivity contribution < 1.29 is 8.96 Å². The Balaban J connectivity index is 1.90. The Morgan fingerprint density at radius 1 is 1.31 bits per heavy atom. The number of nitrogens with zero attached hydrogens (tertiary/aromatic N) is 4. The van der Waals surface area contributed by atoms with Gasteiger partial charge in [-0.25, -0.2) is 9.38 Å². The number of benzene rings is 1. The van der Waals surface area contributed by atoms with Crippen LogP contribution in [-0.2, 0) is 20.6 Å². The molecule has 0 amide bonds. The molecule has 0 spiro atoms. The van der Waals surface area contributed by atoms with Crippen LogP contribution in [0.5, 0.6) is 0 Å². The summed E-state index contributed by atoms with van der Waals surface area (Å²) in [4.78, 5) is 18.2. The first-order valence-electron chi connectivity index (χ1n) is 9.03. The summed E-state index contributed by atoms with van der Waals surface area (Å²) in [6, 6.07) is 4.79. The van der Waals surface area contributed by atoms with Crippen LogP contribution in [0.4, 0.5) is 4.39 Å². The second-order valence-corrected chi connectivity index (χ2v) is 9.55. The monoisotopic (exact) mass is 447 g/mol. The van der Waals surface area contributed by atoms with Gasteiger partial charge in [-0.1, -0.05) is 11.3 Å². The summed E-state index contributed by atoms with van der Waals surface area (Å²) < 4.78 is 21.8. The fraction of sp³-hybridized carbons (Fsp3) is 0.250. The van der Waals surface area contributed by atoms with E-state index in [1.165, 1.54) is 23.5 Å². The van der Waals surface area contributed by atoms with Crippen molar-refractivity contribution in [1.82, 2.24) is 9.13 Å². The molecule has 0 bridgehead atoms. The van der Waals surface area contributed by atoms with E-state index in [1.54, 1.807) is 39.5 Å². The number of hydrogen-bond donors (Lipinski definition) is 0. The van der Waals surface area contributed by atoms with Gasteiger partial charge in [0.2, 0.25) is 5.52 Å². The van der Waals surface area contributed by atoms with Crippen LogP contribution in [0.15, 0.2) is 33.4 Å². The molecule has 4 aromatic rings. The Bertz CT molecular complexity index is 1470. The maximum atomic E-state index is 13.6. The number of thiazole rings is 3. The summed E-state index contributed by atoms with van der Waals surface area (Å²) in [6.45, 7) is 4.55. The molecule has 0 atom stereocenters. The Hall–Kier alpha value is -2.36. The van der Waals surface area contributed by atoms with E-state index in [0.29, 0.717) is 11.1 Å². The molecule has 0 aliphatic heterocycles. The number of aromatic nitrogens is 3. The second-order valence-electron chi connectivity index (χ2n) is 6.59. The lowest BCUT2D eigenvalue weighted by Crippen LogP contribution is -2.32. The maximum Gasteiger partial charge on any atom is 0.270 e. The summed E-state index contributed by atoms with van der Waals surface area (Å²) in [5, 5.41) is 2.99. The predicted octanol–water partition coefficient (Wildman–Crippen LogP) is 1.98. The van der Waals surface area contributed by atoms with E-state index in [-0.39, 0.29) is 11.4 Å². The summed E-state index contributed by atoms with van der Waals surface area (Å²) in [6.07, 6.45) is 3.65. The molecule has 0 saturated carbocycles. The van der Waals surface area contributed by atoms with E-state index >= 15 is 0 Å². The number of rotatable bonds is 3. The zero-order valence-electron chi connectivity index (χ0n) is 16.5. The van der Waals surface area contributed by atoms with Crippen molar-refractivity contribution in [1.29, 1.82) is 0 Å². The van der Waals surface area contributed by atoms with Crippen molar-refractivity contribution in [2.75, 3.05) is 0 Å². The number of hydrogen-bond acceptors (Lipinski definition) is 5. The van der Waals surface area contributed by atoms with Crippen molar-refractivity contribution in [3.63, 3.8) is 0 Å². The van der Waals surface area contributed by atoms with Crippen LogP contribution in [0.2, 0.25) is 0 Å². The Labute approximate surface area is 178 Å². The van der Waals surface area contributed by atoms with E-state index in [2.05, 4.69) is 4.99 Å². The van der Waals surface area contributed by atoms with Gasteiger partial charge in [0.25, 0.3) is 10.6 Å². The van der Waals surface area contributed by atoms with Gasteiger partial charge in [0.05, 0.1) is 12.3 Å². The fourth-order valence-electron chi connectivity index (χ4n) is 2.98. The van der Waals surface area contributed by atoms with Gasteiger partial charge in [-0.2, -0.15) is 4.57 Å². The van der Waals surface area contributed by atoms with Gasteiger partial charge in [0, 0.05) is 30.7 Å². The highest BCUT2D eigenvalue weighted by Crippen LogP contribution is 2.21. The largest absolute Gasteiger partial charge is 0.324 e. The van der Waals surface area contributed by atoms with Gasteiger partial charge in [-0.3, -0.25) is 9.36 Å². The molecular weight excluding hydrogens is 427 g/mol. The van der Waals surface area contributed by atoms with Crippen LogP contribution in [0, 0.1) is 12.7 Å². The van der Waals surface area contributed by atoms with Gasteiger partial charge in [0.15, 0.2) is 4.80 Å². The normalized spacial score (nSPS) is 13.9. The molecule has 4 rings (SSSR count). The highest BCUT2D eigenvalue weighted by molar-refractivity contribution is 7.19. The lowest BCUT2D eigenvalue weighted by Gasteiger charge is -1.93. The fourth-order valence-corrected chi connectivity index (χ4v) is 5.99. The van der Waals surface area contributed by atoms with Crippen molar-refractivity contribution in [2.45, 2.75) is 20.4 Å². The van der Waals surface area contributed by atoms with Gasteiger partial charge in [-0.05, 0) is 26.0 Å². The minimum atomic E-state index is -0.255. The predicted molar refractivity (Wildman–Crippen MR) is 118 cm³/mol. The topological polar surface area (TPSA) is 43.2 Å². The minimum absolute atomic E-state index is 0.0433. The summed E-state index contributed by atoms with van der Waals surface area (Å²) in [5.41, 5.74) is 1.92. The lowest BCUT2D eigenvalue weighted by molar-refractivity contribution is -0.642. The average molecular weight is 448 g/mol. The van der Waals surface area contributed by atoms with Crippen molar-refractivity contribution in [2.24, 2.45) is 19.1 Å². The molecule has 5 nitrogen and oxygen atoms in total. The SMILES string of the molecule is CCn1c(=O)/c(=C/N=c2scc(C)n2C)s/c1=C\c1sc2ccc(F)cc2[n+]1C. The third-order valence-electron chi connectivity index (χ3n) is 4.77. The quantitative estimate of drug-likeness (QED) is 0.443. The number of halogens is 1. The van der Waals surface area contributed by atoms with E-state index in [9.17, 15) is 9.18 Å². The Morgan fingerprint density at radius 2 is 2.10 bits per heavy atom. The van der Waals surface area contributed by atoms with E-state index in [4.69, 9.17) is 0 Å². The third kappa shape index (κ3) is 3.65. The molecule has 3 heterocycles. The molecular formula is C20H20FN4OS3+. The minimum Gasteiger partial charge on any atom is -0.324 e. The molecule has 0 saturated heterocycles. The van der Waals surface area contributed by atoms with Crippen LogP contribution in [0.3, 0.4) is 0 Å². The first-order chi connectivity index (χ1) is 13.9. The van der Waals surface area contributed by atoms with E-state index < -0.39 is 0 Å². The van der Waals surface area contributed by atoms with Gasteiger partial charge < -0.3 is 4.57 Å². The summed E-state index contributed by atoms with van der Waals surface area (Å²) in [5.74, 6) is -0.255. The highest BCUT2D eigenvalue weighted by Gasteiger charge is 2.16. The van der Waals surface area contributed by atoms with E-state index in [0.717, 1.165) is 30.4 Å². The van der Waals surface area contributed by atoms with Crippen LogP contribution in [-0.4, -0.2) is 9.13 Å². The van der Waals surface area contributed by atoms with Gasteiger partial charge in [-0.15, -0.1) is 22.7 Å². The van der Waals surface area contributed by atoms with Crippen molar-refractivity contribution >= 4 is 56.5 Å². The molecule has 29 heavy (non-hydrogen) atoms. The van der Waals surface area contributed by atoms with E-state index in [1.807, 2.05) is 48.5 Å². The first kappa shape index (κ1) is 19.9. The smallest absolute Gasteiger partial charge is 0.270 e. The van der Waals surface area contributed by atoms with Crippen LogP contribution in [0.25, 0.3) is 22.5 Å².